The van der Waals surface area contributed by atoms with Crippen molar-refractivity contribution >= 4 is 0 Å². The number of hydrogen-bond acceptors (Lipinski definition) is 4. The Bertz CT molecular complexity index is 369. The lowest BCUT2D eigenvalue weighted by Gasteiger charge is -2.19. The molecular formula is C15H26N2O2. The Morgan fingerprint density at radius 1 is 1.26 bits per heavy atom. The summed E-state index contributed by atoms with van der Waals surface area (Å²) in [4.78, 5) is 2.43. The summed E-state index contributed by atoms with van der Waals surface area (Å²) in [5.41, 5.74) is 1.12. The van der Waals surface area contributed by atoms with E-state index in [1.54, 1.807) is 13.2 Å². The van der Waals surface area contributed by atoms with Crippen LogP contribution >= 0.6 is 0 Å². The topological polar surface area (TPSA) is 44.7 Å². The number of likely N-dealkylation sites (N-methyl/N-ethyl adjacent to an activating group) is 1. The van der Waals surface area contributed by atoms with Crippen molar-refractivity contribution in [3.63, 3.8) is 0 Å². The molecule has 0 spiro atoms. The molecule has 0 saturated heterocycles. The zero-order valence-electron chi connectivity index (χ0n) is 12.3. The Balaban J connectivity index is 2.33. The Kier molecular flexibility index (Phi) is 7.30. The number of nitrogens with zero attached hydrogens (tertiary/aromatic N) is 1. The molecule has 2 N–H and O–H groups in total. The minimum Gasteiger partial charge on any atom is -0.504 e. The van der Waals surface area contributed by atoms with E-state index in [4.69, 9.17) is 4.74 Å². The number of aromatic hydroxyl groups is 1. The number of rotatable bonds is 9. The van der Waals surface area contributed by atoms with Gasteiger partial charge in [0, 0.05) is 19.6 Å². The van der Waals surface area contributed by atoms with Crippen molar-refractivity contribution in [3.8, 4) is 11.5 Å². The van der Waals surface area contributed by atoms with Crippen LogP contribution in [0.1, 0.15) is 25.8 Å². The summed E-state index contributed by atoms with van der Waals surface area (Å²) >= 11 is 0. The number of benzene rings is 1. The van der Waals surface area contributed by atoms with Gasteiger partial charge in [-0.25, -0.2) is 0 Å². The summed E-state index contributed by atoms with van der Waals surface area (Å²) in [6.07, 6.45) is 1.20. The van der Waals surface area contributed by atoms with Crippen molar-refractivity contribution < 1.29 is 9.84 Å². The summed E-state index contributed by atoms with van der Waals surface area (Å²) in [5, 5.41) is 12.9. The summed E-state index contributed by atoms with van der Waals surface area (Å²) < 4.78 is 5.09. The fraction of sp³-hybridized carbons (Fsp3) is 0.600. The molecule has 4 nitrogen and oxygen atoms in total. The van der Waals surface area contributed by atoms with Gasteiger partial charge in [-0.05, 0) is 37.2 Å². The molecular weight excluding hydrogens is 240 g/mol. The Hall–Kier alpha value is -1.26. The largest absolute Gasteiger partial charge is 0.504 e. The third-order valence-corrected chi connectivity index (χ3v) is 3.17. The Morgan fingerprint density at radius 3 is 2.68 bits per heavy atom. The number of methoxy groups -OCH3 is 1. The van der Waals surface area contributed by atoms with Gasteiger partial charge in [0.05, 0.1) is 7.11 Å². The minimum atomic E-state index is 0.186. The third kappa shape index (κ3) is 5.49. The van der Waals surface area contributed by atoms with Gasteiger partial charge in [0.1, 0.15) is 0 Å². The highest BCUT2D eigenvalue weighted by atomic mass is 16.5. The maximum atomic E-state index is 9.52. The molecule has 0 fully saturated rings. The molecule has 4 heteroatoms. The van der Waals surface area contributed by atoms with E-state index in [9.17, 15) is 5.11 Å². The van der Waals surface area contributed by atoms with Crippen molar-refractivity contribution in [2.75, 3.05) is 33.3 Å². The van der Waals surface area contributed by atoms with Crippen LogP contribution in [0, 0.1) is 0 Å². The average molecular weight is 266 g/mol. The van der Waals surface area contributed by atoms with Crippen LogP contribution in [0.2, 0.25) is 0 Å². The fourth-order valence-corrected chi connectivity index (χ4v) is 2.05. The van der Waals surface area contributed by atoms with E-state index < -0.39 is 0 Å². The lowest BCUT2D eigenvalue weighted by molar-refractivity contribution is 0.287. The Morgan fingerprint density at radius 2 is 2.05 bits per heavy atom. The molecule has 0 amide bonds. The molecule has 108 valence electrons. The van der Waals surface area contributed by atoms with Gasteiger partial charge in [0.25, 0.3) is 0 Å². The number of phenolic OH excluding ortho intramolecular Hbond substituents is 1. The second-order valence-corrected chi connectivity index (χ2v) is 4.62. The van der Waals surface area contributed by atoms with Crippen LogP contribution in [0.5, 0.6) is 11.5 Å². The molecule has 0 aliphatic heterocycles. The van der Waals surface area contributed by atoms with Crippen molar-refractivity contribution in [3.05, 3.63) is 23.8 Å². The van der Waals surface area contributed by atoms with E-state index in [-0.39, 0.29) is 5.75 Å². The first-order valence-corrected chi connectivity index (χ1v) is 7.00. The summed E-state index contributed by atoms with van der Waals surface area (Å²) in [6, 6.07) is 5.45. The second-order valence-electron chi connectivity index (χ2n) is 4.62. The zero-order chi connectivity index (χ0) is 14.1. The van der Waals surface area contributed by atoms with Crippen molar-refractivity contribution in [1.82, 2.24) is 10.2 Å². The number of phenols is 1. The van der Waals surface area contributed by atoms with Gasteiger partial charge in [0.2, 0.25) is 0 Å². The molecule has 19 heavy (non-hydrogen) atoms. The first-order valence-electron chi connectivity index (χ1n) is 7.00. The highest BCUT2D eigenvalue weighted by Crippen LogP contribution is 2.25. The standard InChI is InChI=1S/C15H26N2O2/c1-4-9-17(5-2)10-8-16-12-13-6-7-14(18)15(11-13)19-3/h6-7,11,16,18H,4-5,8-10,12H2,1-3H3. The van der Waals surface area contributed by atoms with Crippen LogP contribution in [0.4, 0.5) is 0 Å². The third-order valence-electron chi connectivity index (χ3n) is 3.17. The monoisotopic (exact) mass is 266 g/mol. The summed E-state index contributed by atoms with van der Waals surface area (Å²) in [6.45, 7) is 9.49. The highest BCUT2D eigenvalue weighted by Gasteiger charge is 2.03. The number of hydrogen-bond donors (Lipinski definition) is 2. The number of ether oxygens (including phenoxy) is 1. The van der Waals surface area contributed by atoms with Gasteiger partial charge in [0.15, 0.2) is 11.5 Å². The smallest absolute Gasteiger partial charge is 0.160 e. The van der Waals surface area contributed by atoms with Crippen LogP contribution < -0.4 is 10.1 Å². The zero-order valence-corrected chi connectivity index (χ0v) is 12.3. The maximum Gasteiger partial charge on any atom is 0.160 e. The van der Waals surface area contributed by atoms with Gasteiger partial charge < -0.3 is 20.1 Å². The first-order chi connectivity index (χ1) is 9.21. The second kappa shape index (κ2) is 8.77. The fourth-order valence-electron chi connectivity index (χ4n) is 2.05. The van der Waals surface area contributed by atoms with E-state index in [1.165, 1.54) is 6.42 Å². The normalized spacial score (nSPS) is 10.9. The van der Waals surface area contributed by atoms with E-state index in [0.717, 1.165) is 38.3 Å². The SMILES string of the molecule is CCCN(CC)CCNCc1ccc(O)c(OC)c1. The van der Waals surface area contributed by atoms with Crippen molar-refractivity contribution in [2.45, 2.75) is 26.8 Å². The van der Waals surface area contributed by atoms with Crippen LogP contribution in [0.15, 0.2) is 18.2 Å². The van der Waals surface area contributed by atoms with Crippen LogP contribution in [-0.2, 0) is 6.54 Å². The first kappa shape index (κ1) is 15.8. The molecule has 0 aromatic heterocycles. The molecule has 0 saturated carbocycles. The van der Waals surface area contributed by atoms with E-state index in [1.807, 2.05) is 12.1 Å². The molecule has 0 aliphatic rings. The summed E-state index contributed by atoms with van der Waals surface area (Å²) in [5.74, 6) is 0.715. The number of nitrogens with one attached hydrogen (secondary N) is 1. The van der Waals surface area contributed by atoms with Gasteiger partial charge >= 0.3 is 0 Å². The highest BCUT2D eigenvalue weighted by molar-refractivity contribution is 5.41. The van der Waals surface area contributed by atoms with Gasteiger partial charge in [-0.3, -0.25) is 0 Å². The van der Waals surface area contributed by atoms with Crippen LogP contribution in [0.25, 0.3) is 0 Å². The molecule has 1 aromatic rings. The molecule has 0 aliphatic carbocycles. The average Bonchev–Trinajstić information content (AvgIpc) is 2.43. The minimum absolute atomic E-state index is 0.186. The summed E-state index contributed by atoms with van der Waals surface area (Å²) in [7, 11) is 1.57. The molecule has 0 radical (unpaired) electrons. The molecule has 1 rings (SSSR count). The van der Waals surface area contributed by atoms with Crippen molar-refractivity contribution in [2.24, 2.45) is 0 Å². The molecule has 0 atom stereocenters. The van der Waals surface area contributed by atoms with Crippen LogP contribution in [0.3, 0.4) is 0 Å². The van der Waals surface area contributed by atoms with Crippen LogP contribution in [-0.4, -0.2) is 43.3 Å². The lowest BCUT2D eigenvalue weighted by Crippen LogP contribution is -2.32. The van der Waals surface area contributed by atoms with E-state index >= 15 is 0 Å². The van der Waals surface area contributed by atoms with Gasteiger partial charge in [-0.15, -0.1) is 0 Å². The lowest BCUT2D eigenvalue weighted by atomic mass is 10.2. The van der Waals surface area contributed by atoms with Gasteiger partial charge in [-0.1, -0.05) is 19.9 Å². The predicted octanol–water partition coefficient (Wildman–Crippen LogP) is 2.22. The predicted molar refractivity (Wildman–Crippen MR) is 78.8 cm³/mol. The molecule has 0 unspecified atom stereocenters. The van der Waals surface area contributed by atoms with E-state index in [0.29, 0.717) is 5.75 Å². The molecule has 0 bridgehead atoms. The maximum absolute atomic E-state index is 9.52. The van der Waals surface area contributed by atoms with Gasteiger partial charge in [-0.2, -0.15) is 0 Å². The van der Waals surface area contributed by atoms with Crippen molar-refractivity contribution in [1.29, 1.82) is 0 Å². The Labute approximate surface area is 116 Å². The van der Waals surface area contributed by atoms with E-state index in [2.05, 4.69) is 24.1 Å². The molecule has 0 heterocycles. The molecule has 1 aromatic carbocycles. The quantitative estimate of drug-likeness (QED) is 0.673.